The Hall–Kier alpha value is -0.830. The fourth-order valence-electron chi connectivity index (χ4n) is 2.71. The summed E-state index contributed by atoms with van der Waals surface area (Å²) in [5.74, 6) is 0. The van der Waals surface area contributed by atoms with Crippen LogP contribution >= 0.6 is 15.9 Å². The Morgan fingerprint density at radius 1 is 1.47 bits per heavy atom. The zero-order valence-corrected chi connectivity index (χ0v) is 11.9. The van der Waals surface area contributed by atoms with Crippen molar-refractivity contribution in [3.8, 4) is 0 Å². The maximum atomic E-state index is 10.7. The fraction of sp³-hybridized carbons (Fsp3) is 0.500. The molecule has 17 heavy (non-hydrogen) atoms. The average molecular weight is 296 g/mol. The van der Waals surface area contributed by atoms with E-state index in [0.717, 1.165) is 16.3 Å². The minimum absolute atomic E-state index is 0.582. The molecule has 92 valence electrons. The lowest BCUT2D eigenvalue weighted by atomic mass is 10.1. The van der Waals surface area contributed by atoms with E-state index in [1.54, 1.807) is 0 Å². The number of anilines is 1. The summed E-state index contributed by atoms with van der Waals surface area (Å²) < 4.78 is 1.02. The van der Waals surface area contributed by atoms with Crippen molar-refractivity contribution in [1.82, 2.24) is 0 Å². The Labute approximate surface area is 111 Å². The predicted molar refractivity (Wildman–Crippen MR) is 74.8 cm³/mol. The Bertz CT molecular complexity index is 419. The zero-order chi connectivity index (χ0) is 12.4. The number of rotatable bonds is 3. The van der Waals surface area contributed by atoms with Gasteiger partial charge < -0.3 is 4.90 Å². The quantitative estimate of drug-likeness (QED) is 0.785. The second kappa shape index (κ2) is 5.21. The minimum Gasteiger partial charge on any atom is -0.365 e. The van der Waals surface area contributed by atoms with Crippen molar-refractivity contribution in [1.29, 1.82) is 0 Å². The van der Waals surface area contributed by atoms with Crippen LogP contribution in [0.1, 0.15) is 43.5 Å². The second-order valence-corrected chi connectivity index (χ2v) is 5.58. The lowest BCUT2D eigenvalue weighted by Gasteiger charge is -2.31. The van der Waals surface area contributed by atoms with Crippen LogP contribution in [0.4, 0.5) is 5.69 Å². The van der Waals surface area contributed by atoms with E-state index in [1.807, 2.05) is 12.1 Å². The molecule has 1 aromatic carbocycles. The standard InChI is InChI=1S/C14H18BrNO/c1-3-12-6-4-10(2)16(12)14-7-5-11(9-17)8-13(14)15/h5,7-10,12H,3-4,6H2,1-2H3. The van der Waals surface area contributed by atoms with Gasteiger partial charge in [0.2, 0.25) is 0 Å². The number of carbonyl (C=O) groups excluding carboxylic acids is 1. The molecule has 0 aliphatic carbocycles. The van der Waals surface area contributed by atoms with Crippen LogP contribution in [0.3, 0.4) is 0 Å². The van der Waals surface area contributed by atoms with E-state index >= 15 is 0 Å². The van der Waals surface area contributed by atoms with Gasteiger partial charge in [0.25, 0.3) is 0 Å². The zero-order valence-electron chi connectivity index (χ0n) is 10.3. The molecule has 0 N–H and O–H groups in total. The highest BCUT2D eigenvalue weighted by Gasteiger charge is 2.30. The normalized spacial score (nSPS) is 24.1. The average Bonchev–Trinajstić information content (AvgIpc) is 2.70. The van der Waals surface area contributed by atoms with E-state index in [-0.39, 0.29) is 0 Å². The first-order valence-corrected chi connectivity index (χ1v) is 6.99. The van der Waals surface area contributed by atoms with Crippen LogP contribution in [-0.4, -0.2) is 18.4 Å². The number of halogens is 1. The van der Waals surface area contributed by atoms with Gasteiger partial charge in [-0.2, -0.15) is 0 Å². The molecule has 2 unspecified atom stereocenters. The first-order valence-electron chi connectivity index (χ1n) is 6.20. The summed E-state index contributed by atoms with van der Waals surface area (Å²) in [5.41, 5.74) is 1.94. The third-order valence-corrected chi connectivity index (χ3v) is 4.28. The van der Waals surface area contributed by atoms with Crippen molar-refractivity contribution in [2.24, 2.45) is 0 Å². The summed E-state index contributed by atoms with van der Waals surface area (Å²) in [6, 6.07) is 7.06. The summed E-state index contributed by atoms with van der Waals surface area (Å²) in [7, 11) is 0. The third-order valence-electron chi connectivity index (χ3n) is 3.64. The van der Waals surface area contributed by atoms with E-state index in [2.05, 4.69) is 40.7 Å². The van der Waals surface area contributed by atoms with Gasteiger partial charge in [0, 0.05) is 22.1 Å². The lowest BCUT2D eigenvalue weighted by Crippen LogP contribution is -2.34. The maximum Gasteiger partial charge on any atom is 0.150 e. The van der Waals surface area contributed by atoms with Gasteiger partial charge in [-0.3, -0.25) is 4.79 Å². The first-order chi connectivity index (χ1) is 8.17. The molecule has 2 nitrogen and oxygen atoms in total. The summed E-state index contributed by atoms with van der Waals surface area (Å²) in [4.78, 5) is 13.2. The van der Waals surface area contributed by atoms with Gasteiger partial charge in [-0.15, -0.1) is 0 Å². The Balaban J connectivity index is 2.35. The molecule has 1 heterocycles. The summed E-state index contributed by atoms with van der Waals surface area (Å²) in [5, 5.41) is 0. The van der Waals surface area contributed by atoms with E-state index in [0.29, 0.717) is 12.1 Å². The molecule has 0 amide bonds. The minimum atomic E-state index is 0.582. The van der Waals surface area contributed by atoms with Gasteiger partial charge in [-0.1, -0.05) is 6.92 Å². The smallest absolute Gasteiger partial charge is 0.150 e. The van der Waals surface area contributed by atoms with Gasteiger partial charge in [-0.25, -0.2) is 0 Å². The molecule has 2 atom stereocenters. The topological polar surface area (TPSA) is 20.3 Å². The number of aldehydes is 1. The molecule has 1 aliphatic heterocycles. The van der Waals surface area contributed by atoms with Gasteiger partial charge in [-0.05, 0) is 60.3 Å². The molecular weight excluding hydrogens is 278 g/mol. The Morgan fingerprint density at radius 3 is 2.82 bits per heavy atom. The van der Waals surface area contributed by atoms with Gasteiger partial charge in [0.15, 0.2) is 0 Å². The highest BCUT2D eigenvalue weighted by Crippen LogP contribution is 2.36. The molecule has 1 aromatic rings. The molecule has 3 heteroatoms. The molecule has 0 radical (unpaired) electrons. The first kappa shape index (κ1) is 12.6. The van der Waals surface area contributed by atoms with Crippen LogP contribution < -0.4 is 4.90 Å². The van der Waals surface area contributed by atoms with Crippen LogP contribution in [-0.2, 0) is 0 Å². The summed E-state index contributed by atoms with van der Waals surface area (Å²) in [6.07, 6.45) is 4.57. The molecule has 0 saturated carbocycles. The molecule has 0 aromatic heterocycles. The van der Waals surface area contributed by atoms with Crippen molar-refractivity contribution in [2.45, 2.75) is 45.2 Å². The van der Waals surface area contributed by atoms with Crippen LogP contribution in [0, 0.1) is 0 Å². The van der Waals surface area contributed by atoms with Crippen molar-refractivity contribution in [3.63, 3.8) is 0 Å². The van der Waals surface area contributed by atoms with Gasteiger partial charge in [0.1, 0.15) is 6.29 Å². The molecular formula is C14H18BrNO. The molecule has 2 rings (SSSR count). The molecule has 1 saturated heterocycles. The number of carbonyl (C=O) groups is 1. The SMILES string of the molecule is CCC1CCC(C)N1c1ccc(C=O)cc1Br. The summed E-state index contributed by atoms with van der Waals surface area (Å²) in [6.45, 7) is 4.51. The van der Waals surface area contributed by atoms with Crippen LogP contribution in [0.25, 0.3) is 0 Å². The largest absolute Gasteiger partial charge is 0.365 e. The van der Waals surface area contributed by atoms with E-state index in [4.69, 9.17) is 0 Å². The van der Waals surface area contributed by atoms with Crippen molar-refractivity contribution >= 4 is 27.9 Å². The van der Waals surface area contributed by atoms with Crippen LogP contribution in [0.5, 0.6) is 0 Å². The molecule has 1 fully saturated rings. The molecule has 0 spiro atoms. The van der Waals surface area contributed by atoms with E-state index in [9.17, 15) is 4.79 Å². The van der Waals surface area contributed by atoms with Crippen LogP contribution in [0.15, 0.2) is 22.7 Å². The number of nitrogens with zero attached hydrogens (tertiary/aromatic N) is 1. The Kier molecular flexibility index (Phi) is 3.87. The van der Waals surface area contributed by atoms with Gasteiger partial charge in [0.05, 0.1) is 5.69 Å². The second-order valence-electron chi connectivity index (χ2n) is 4.72. The number of hydrogen-bond acceptors (Lipinski definition) is 2. The molecule has 0 bridgehead atoms. The van der Waals surface area contributed by atoms with Crippen molar-refractivity contribution in [3.05, 3.63) is 28.2 Å². The highest BCUT2D eigenvalue weighted by atomic mass is 79.9. The maximum absolute atomic E-state index is 10.7. The predicted octanol–water partition coefficient (Wildman–Crippen LogP) is 4.03. The van der Waals surface area contributed by atoms with E-state index in [1.165, 1.54) is 24.9 Å². The number of hydrogen-bond donors (Lipinski definition) is 0. The fourth-order valence-corrected chi connectivity index (χ4v) is 3.31. The third kappa shape index (κ3) is 2.39. The monoisotopic (exact) mass is 295 g/mol. The molecule has 1 aliphatic rings. The lowest BCUT2D eigenvalue weighted by molar-refractivity contribution is 0.112. The van der Waals surface area contributed by atoms with E-state index < -0.39 is 0 Å². The van der Waals surface area contributed by atoms with Crippen molar-refractivity contribution in [2.75, 3.05) is 4.90 Å². The van der Waals surface area contributed by atoms with Crippen molar-refractivity contribution < 1.29 is 4.79 Å². The Morgan fingerprint density at radius 2 is 2.24 bits per heavy atom. The number of benzene rings is 1. The summed E-state index contributed by atoms with van der Waals surface area (Å²) >= 11 is 3.58. The van der Waals surface area contributed by atoms with Crippen LogP contribution in [0.2, 0.25) is 0 Å². The van der Waals surface area contributed by atoms with Gasteiger partial charge >= 0.3 is 0 Å². The highest BCUT2D eigenvalue weighted by molar-refractivity contribution is 9.10.